The third-order valence-electron chi connectivity index (χ3n) is 3.31. The molecule has 86 valence electrons. The monoisotopic (exact) mass is 238 g/mol. The lowest BCUT2D eigenvalue weighted by molar-refractivity contribution is -0.138. The Labute approximate surface area is 100 Å². The van der Waals surface area contributed by atoms with Crippen LogP contribution in [0, 0.1) is 11.8 Å². The van der Waals surface area contributed by atoms with Gasteiger partial charge in [0.15, 0.2) is 0 Å². The molecular formula is C13H15ClO2. The minimum Gasteiger partial charge on any atom is -0.481 e. The molecule has 0 saturated heterocycles. The largest absolute Gasteiger partial charge is 0.481 e. The molecule has 0 bridgehead atoms. The fourth-order valence-electron chi connectivity index (χ4n) is 2.21. The Balaban J connectivity index is 1.94. The average Bonchev–Trinajstić information content (AvgIpc) is 2.97. The van der Waals surface area contributed by atoms with Crippen LogP contribution >= 0.6 is 11.6 Å². The first-order valence-corrected chi connectivity index (χ1v) is 5.94. The van der Waals surface area contributed by atoms with Crippen molar-refractivity contribution in [1.29, 1.82) is 0 Å². The molecule has 1 saturated carbocycles. The van der Waals surface area contributed by atoms with E-state index < -0.39 is 5.97 Å². The maximum atomic E-state index is 10.7. The summed E-state index contributed by atoms with van der Waals surface area (Å²) < 4.78 is 0. The van der Waals surface area contributed by atoms with Gasteiger partial charge < -0.3 is 5.11 Å². The highest BCUT2D eigenvalue weighted by Crippen LogP contribution is 2.45. The van der Waals surface area contributed by atoms with Crippen LogP contribution in [0.15, 0.2) is 24.3 Å². The Bertz CT molecular complexity index is 403. The van der Waals surface area contributed by atoms with Crippen LogP contribution in [0.4, 0.5) is 0 Å². The Kier molecular flexibility index (Phi) is 3.20. The highest BCUT2D eigenvalue weighted by molar-refractivity contribution is 6.30. The smallest absolute Gasteiger partial charge is 0.306 e. The highest BCUT2D eigenvalue weighted by atomic mass is 35.5. The molecule has 1 aliphatic rings. The first-order chi connectivity index (χ1) is 7.58. The molecule has 0 aromatic heterocycles. The van der Waals surface area contributed by atoms with E-state index in [1.807, 2.05) is 18.2 Å². The summed E-state index contributed by atoms with van der Waals surface area (Å²) in [5.41, 5.74) is 1.20. The van der Waals surface area contributed by atoms with Crippen molar-refractivity contribution in [2.24, 2.45) is 11.8 Å². The number of hydrogen-bond acceptors (Lipinski definition) is 1. The molecule has 3 unspecified atom stereocenters. The Morgan fingerprint density at radius 3 is 2.94 bits per heavy atom. The molecule has 0 radical (unpaired) electrons. The van der Waals surface area contributed by atoms with Crippen molar-refractivity contribution in [2.75, 3.05) is 0 Å². The standard InChI is InChI=1S/C13H15ClO2/c1-8(5-10-7-12(10)13(15)16)9-3-2-4-11(14)6-9/h2-4,6,8,10,12H,5,7H2,1H3,(H,15,16). The number of benzene rings is 1. The first-order valence-electron chi connectivity index (χ1n) is 5.56. The van der Waals surface area contributed by atoms with Gasteiger partial charge in [0.2, 0.25) is 0 Å². The van der Waals surface area contributed by atoms with E-state index in [9.17, 15) is 4.79 Å². The third-order valence-corrected chi connectivity index (χ3v) is 3.55. The van der Waals surface area contributed by atoms with Crippen LogP contribution in [0.3, 0.4) is 0 Å². The summed E-state index contributed by atoms with van der Waals surface area (Å²) in [6.07, 6.45) is 1.78. The van der Waals surface area contributed by atoms with Gasteiger partial charge in [0.05, 0.1) is 5.92 Å². The van der Waals surface area contributed by atoms with Crippen molar-refractivity contribution in [2.45, 2.75) is 25.7 Å². The van der Waals surface area contributed by atoms with E-state index in [1.54, 1.807) is 0 Å². The van der Waals surface area contributed by atoms with E-state index in [-0.39, 0.29) is 5.92 Å². The van der Waals surface area contributed by atoms with Gasteiger partial charge in [-0.1, -0.05) is 30.7 Å². The van der Waals surface area contributed by atoms with Gasteiger partial charge in [-0.25, -0.2) is 0 Å². The maximum Gasteiger partial charge on any atom is 0.306 e. The molecule has 1 aromatic rings. The highest BCUT2D eigenvalue weighted by Gasteiger charge is 2.43. The van der Waals surface area contributed by atoms with Crippen molar-refractivity contribution < 1.29 is 9.90 Å². The molecule has 1 aromatic carbocycles. The van der Waals surface area contributed by atoms with Crippen LogP contribution in [-0.2, 0) is 4.79 Å². The van der Waals surface area contributed by atoms with Gasteiger partial charge >= 0.3 is 5.97 Å². The number of carboxylic acid groups (broad SMARTS) is 1. The molecule has 1 N–H and O–H groups in total. The van der Waals surface area contributed by atoms with Gasteiger partial charge in [0.25, 0.3) is 0 Å². The zero-order valence-electron chi connectivity index (χ0n) is 9.19. The van der Waals surface area contributed by atoms with Crippen molar-refractivity contribution in [3.8, 4) is 0 Å². The van der Waals surface area contributed by atoms with Crippen molar-refractivity contribution in [1.82, 2.24) is 0 Å². The first kappa shape index (κ1) is 11.5. The van der Waals surface area contributed by atoms with Crippen molar-refractivity contribution in [3.63, 3.8) is 0 Å². The second kappa shape index (κ2) is 4.46. The van der Waals surface area contributed by atoms with E-state index in [2.05, 4.69) is 13.0 Å². The second-order valence-corrected chi connectivity index (χ2v) is 5.07. The second-order valence-electron chi connectivity index (χ2n) is 4.63. The minimum absolute atomic E-state index is 0.110. The number of aliphatic carboxylic acids is 1. The van der Waals surface area contributed by atoms with E-state index >= 15 is 0 Å². The molecule has 0 spiro atoms. The van der Waals surface area contributed by atoms with Crippen LogP contribution in [0.1, 0.15) is 31.2 Å². The van der Waals surface area contributed by atoms with E-state index in [4.69, 9.17) is 16.7 Å². The quantitative estimate of drug-likeness (QED) is 0.871. The molecule has 2 rings (SSSR count). The van der Waals surface area contributed by atoms with Crippen LogP contribution < -0.4 is 0 Å². The predicted molar refractivity (Wildman–Crippen MR) is 63.7 cm³/mol. The van der Waals surface area contributed by atoms with Crippen LogP contribution in [-0.4, -0.2) is 11.1 Å². The van der Waals surface area contributed by atoms with Gasteiger partial charge in [-0.05, 0) is 42.4 Å². The molecule has 0 heterocycles. The zero-order valence-corrected chi connectivity index (χ0v) is 9.95. The van der Waals surface area contributed by atoms with Crippen LogP contribution in [0.25, 0.3) is 0 Å². The Morgan fingerprint density at radius 1 is 1.62 bits per heavy atom. The Hall–Kier alpha value is -1.02. The van der Waals surface area contributed by atoms with E-state index in [0.717, 1.165) is 17.9 Å². The fourth-order valence-corrected chi connectivity index (χ4v) is 2.41. The van der Waals surface area contributed by atoms with Gasteiger partial charge in [-0.15, -0.1) is 0 Å². The molecule has 3 heteroatoms. The molecule has 0 amide bonds. The summed E-state index contributed by atoms with van der Waals surface area (Å²) in [7, 11) is 0. The fraction of sp³-hybridized carbons (Fsp3) is 0.462. The minimum atomic E-state index is -0.650. The summed E-state index contributed by atoms with van der Waals surface area (Å²) in [4.78, 5) is 10.7. The number of rotatable bonds is 4. The molecule has 1 aliphatic carbocycles. The topological polar surface area (TPSA) is 37.3 Å². The molecule has 3 atom stereocenters. The molecular weight excluding hydrogens is 224 g/mol. The van der Waals surface area contributed by atoms with Crippen LogP contribution in [0.5, 0.6) is 0 Å². The van der Waals surface area contributed by atoms with Crippen LogP contribution in [0.2, 0.25) is 5.02 Å². The lowest BCUT2D eigenvalue weighted by atomic mass is 9.95. The van der Waals surface area contributed by atoms with Crippen molar-refractivity contribution >= 4 is 17.6 Å². The average molecular weight is 239 g/mol. The summed E-state index contributed by atoms with van der Waals surface area (Å²) in [5.74, 6) is -0.0236. The van der Waals surface area contributed by atoms with E-state index in [1.165, 1.54) is 5.56 Å². The molecule has 16 heavy (non-hydrogen) atoms. The SMILES string of the molecule is CC(CC1CC1C(=O)O)c1cccc(Cl)c1. The van der Waals surface area contributed by atoms with Gasteiger partial charge in [0.1, 0.15) is 0 Å². The maximum absolute atomic E-state index is 10.7. The number of hydrogen-bond donors (Lipinski definition) is 1. The molecule has 2 nitrogen and oxygen atoms in total. The number of halogens is 1. The van der Waals surface area contributed by atoms with Gasteiger partial charge in [0, 0.05) is 5.02 Å². The zero-order chi connectivity index (χ0) is 11.7. The molecule has 1 fully saturated rings. The van der Waals surface area contributed by atoms with Crippen molar-refractivity contribution in [3.05, 3.63) is 34.9 Å². The number of carbonyl (C=O) groups is 1. The summed E-state index contributed by atoms with van der Waals surface area (Å²) in [6, 6.07) is 7.81. The summed E-state index contributed by atoms with van der Waals surface area (Å²) in [6.45, 7) is 2.13. The summed E-state index contributed by atoms with van der Waals surface area (Å²) in [5, 5.41) is 9.58. The van der Waals surface area contributed by atoms with Gasteiger partial charge in [-0.3, -0.25) is 4.79 Å². The Morgan fingerprint density at radius 2 is 2.38 bits per heavy atom. The summed E-state index contributed by atoms with van der Waals surface area (Å²) >= 11 is 5.93. The lowest BCUT2D eigenvalue weighted by Crippen LogP contribution is -2.02. The third kappa shape index (κ3) is 2.56. The number of carboxylic acids is 1. The van der Waals surface area contributed by atoms with E-state index in [0.29, 0.717) is 11.8 Å². The predicted octanol–water partition coefficient (Wildman–Crippen LogP) is 3.55. The van der Waals surface area contributed by atoms with Gasteiger partial charge in [-0.2, -0.15) is 0 Å². The lowest BCUT2D eigenvalue weighted by Gasteiger charge is -2.11. The normalized spacial score (nSPS) is 25.1. The molecule has 0 aliphatic heterocycles.